The number of aromatic nitrogens is 3. The number of benzene rings is 1. The van der Waals surface area contributed by atoms with Crippen molar-refractivity contribution in [2.24, 2.45) is 0 Å². The molecule has 1 saturated heterocycles. The fourth-order valence-electron chi connectivity index (χ4n) is 3.14. The number of carbonyl (C=O) groups excluding carboxylic acids is 1. The Hall–Kier alpha value is -2.66. The van der Waals surface area contributed by atoms with Gasteiger partial charge in [-0.05, 0) is 24.6 Å². The van der Waals surface area contributed by atoms with Gasteiger partial charge >= 0.3 is 12.2 Å². The molecule has 0 aliphatic carbocycles. The van der Waals surface area contributed by atoms with Crippen LogP contribution in [0.1, 0.15) is 18.9 Å². The number of β-amino-alcohol motifs (C(OH)–C–C–N with tert-alkyl or cyclic N) is 1. The number of hydrogen-bond donors (Lipinski definition) is 2. The van der Waals surface area contributed by atoms with Gasteiger partial charge in [0.15, 0.2) is 0 Å². The molecule has 11 heteroatoms. The zero-order valence-electron chi connectivity index (χ0n) is 15.9. The van der Waals surface area contributed by atoms with E-state index in [1.165, 1.54) is 18.5 Å². The summed E-state index contributed by atoms with van der Waals surface area (Å²) in [5.74, 6) is 0. The molecule has 1 aromatic heterocycles. The first kappa shape index (κ1) is 21.1. The van der Waals surface area contributed by atoms with E-state index in [0.29, 0.717) is 39.1 Å². The Morgan fingerprint density at radius 3 is 2.59 bits per heavy atom. The number of rotatable bonds is 5. The van der Waals surface area contributed by atoms with Crippen molar-refractivity contribution in [3.63, 3.8) is 0 Å². The second-order valence-electron chi connectivity index (χ2n) is 6.85. The summed E-state index contributed by atoms with van der Waals surface area (Å²) < 4.78 is 41.5. The molecule has 29 heavy (non-hydrogen) atoms. The first-order valence-electron chi connectivity index (χ1n) is 9.30. The van der Waals surface area contributed by atoms with Crippen LogP contribution >= 0.6 is 0 Å². The maximum atomic E-state index is 13.5. The van der Waals surface area contributed by atoms with E-state index in [1.54, 1.807) is 4.90 Å². The summed E-state index contributed by atoms with van der Waals surface area (Å²) in [7, 11) is 0. The molecule has 2 heterocycles. The van der Waals surface area contributed by atoms with Crippen LogP contribution in [0.3, 0.4) is 0 Å². The summed E-state index contributed by atoms with van der Waals surface area (Å²) in [4.78, 5) is 19.7. The number of urea groups is 1. The van der Waals surface area contributed by atoms with E-state index in [2.05, 4.69) is 20.3 Å². The van der Waals surface area contributed by atoms with Gasteiger partial charge in [0.05, 0.1) is 17.4 Å². The molecule has 0 spiro atoms. The molecule has 1 aliphatic heterocycles. The number of nitrogens with one attached hydrogen (secondary N) is 1. The topological polar surface area (TPSA) is 86.5 Å². The maximum absolute atomic E-state index is 13.5. The second-order valence-corrected chi connectivity index (χ2v) is 6.85. The molecule has 0 unspecified atom stereocenters. The molecule has 158 valence electrons. The second kappa shape index (κ2) is 8.78. The predicted octanol–water partition coefficient (Wildman–Crippen LogP) is 2.21. The lowest BCUT2D eigenvalue weighted by molar-refractivity contribution is -0.137. The summed E-state index contributed by atoms with van der Waals surface area (Å²) in [6.45, 7) is 4.52. The molecule has 1 aromatic carbocycles. The molecule has 8 nitrogen and oxygen atoms in total. The van der Waals surface area contributed by atoms with Crippen LogP contribution in [0.4, 0.5) is 23.7 Å². The summed E-state index contributed by atoms with van der Waals surface area (Å²) in [5.41, 5.74) is -1.04. The molecule has 2 aromatic rings. The Bertz CT molecular complexity index is 819. The number of nitrogens with zero attached hydrogens (tertiary/aromatic N) is 5. The number of aliphatic hydroxyl groups is 1. The highest BCUT2D eigenvalue weighted by atomic mass is 19.4. The van der Waals surface area contributed by atoms with Crippen LogP contribution < -0.4 is 5.32 Å². The molecule has 2 N–H and O–H groups in total. The Labute approximate surface area is 165 Å². The summed E-state index contributed by atoms with van der Waals surface area (Å²) in [6.07, 6.45) is -2.03. The number of amides is 2. The lowest BCUT2D eigenvalue weighted by Crippen LogP contribution is -2.51. The summed E-state index contributed by atoms with van der Waals surface area (Å²) in [5, 5.41) is 16.0. The van der Waals surface area contributed by atoms with Gasteiger partial charge in [0.2, 0.25) is 0 Å². The summed E-state index contributed by atoms with van der Waals surface area (Å²) >= 11 is 0. The third-order valence-electron chi connectivity index (χ3n) is 4.82. The molecule has 1 atom stereocenters. The predicted molar refractivity (Wildman–Crippen MR) is 99.7 cm³/mol. The number of piperazine rings is 1. The quantitative estimate of drug-likeness (QED) is 0.787. The molecule has 2 amide bonds. The SMILES string of the molecule is CC[C@H](O)CN1CCN(C(=O)Nc2ccc(-n3cncn3)c(C(F)(F)F)c2)CC1. The molecular weight excluding hydrogens is 389 g/mol. The molecule has 1 aliphatic rings. The number of alkyl halides is 3. The van der Waals surface area contributed by atoms with Crippen molar-refractivity contribution in [1.29, 1.82) is 0 Å². The minimum Gasteiger partial charge on any atom is -0.392 e. The third-order valence-corrected chi connectivity index (χ3v) is 4.82. The van der Waals surface area contributed by atoms with Crippen molar-refractivity contribution >= 4 is 11.7 Å². The lowest BCUT2D eigenvalue weighted by Gasteiger charge is -2.35. The minimum absolute atomic E-state index is 0.0509. The van der Waals surface area contributed by atoms with E-state index >= 15 is 0 Å². The Balaban J connectivity index is 1.67. The number of hydrogen-bond acceptors (Lipinski definition) is 5. The van der Waals surface area contributed by atoms with Gasteiger partial charge in [-0.1, -0.05) is 6.92 Å². The van der Waals surface area contributed by atoms with Crippen LogP contribution in [0.5, 0.6) is 0 Å². The number of aliphatic hydroxyl groups excluding tert-OH is 1. The smallest absolute Gasteiger partial charge is 0.392 e. The zero-order valence-corrected chi connectivity index (χ0v) is 15.9. The van der Waals surface area contributed by atoms with Crippen molar-refractivity contribution in [2.75, 3.05) is 38.0 Å². The van der Waals surface area contributed by atoms with Gasteiger partial charge in [-0.15, -0.1) is 0 Å². The van der Waals surface area contributed by atoms with Crippen LogP contribution in [0, 0.1) is 0 Å². The van der Waals surface area contributed by atoms with Gasteiger partial charge in [0, 0.05) is 38.4 Å². The minimum atomic E-state index is -4.62. The number of carbonyl (C=O) groups is 1. The molecule has 1 fully saturated rings. The third kappa shape index (κ3) is 5.24. The fourth-order valence-corrected chi connectivity index (χ4v) is 3.14. The fraction of sp³-hybridized carbons (Fsp3) is 0.500. The Kier molecular flexibility index (Phi) is 6.38. The average Bonchev–Trinajstić information content (AvgIpc) is 3.22. The molecule has 0 bridgehead atoms. The first-order valence-corrected chi connectivity index (χ1v) is 9.30. The van der Waals surface area contributed by atoms with Gasteiger partial charge in [-0.3, -0.25) is 4.90 Å². The van der Waals surface area contributed by atoms with Crippen LogP contribution in [0.2, 0.25) is 0 Å². The normalized spacial score (nSPS) is 16.7. The van der Waals surface area contributed by atoms with Crippen LogP contribution in [0.25, 0.3) is 5.69 Å². The number of halogens is 3. The van der Waals surface area contributed by atoms with Gasteiger partial charge in [0.25, 0.3) is 0 Å². The van der Waals surface area contributed by atoms with E-state index in [1.807, 2.05) is 6.92 Å². The molecule has 0 radical (unpaired) electrons. The first-order chi connectivity index (χ1) is 13.8. The van der Waals surface area contributed by atoms with E-state index in [9.17, 15) is 23.1 Å². The number of anilines is 1. The van der Waals surface area contributed by atoms with Crippen LogP contribution in [-0.4, -0.2) is 74.5 Å². The molecule has 0 saturated carbocycles. The Morgan fingerprint density at radius 2 is 2.00 bits per heavy atom. The van der Waals surface area contributed by atoms with E-state index in [4.69, 9.17) is 0 Å². The highest BCUT2D eigenvalue weighted by Gasteiger charge is 2.35. The van der Waals surface area contributed by atoms with Gasteiger partial charge in [0.1, 0.15) is 12.7 Å². The maximum Gasteiger partial charge on any atom is 0.418 e. The van der Waals surface area contributed by atoms with E-state index in [0.717, 1.165) is 17.1 Å². The monoisotopic (exact) mass is 412 g/mol. The summed E-state index contributed by atoms with van der Waals surface area (Å²) in [6, 6.07) is 3.08. The van der Waals surface area contributed by atoms with Gasteiger partial charge in [-0.2, -0.15) is 18.3 Å². The van der Waals surface area contributed by atoms with Crippen molar-refractivity contribution in [3.05, 3.63) is 36.4 Å². The van der Waals surface area contributed by atoms with Crippen molar-refractivity contribution in [3.8, 4) is 5.69 Å². The van der Waals surface area contributed by atoms with Crippen molar-refractivity contribution < 1.29 is 23.1 Å². The van der Waals surface area contributed by atoms with Gasteiger partial charge in [-0.25, -0.2) is 14.5 Å². The van der Waals surface area contributed by atoms with Crippen molar-refractivity contribution in [2.45, 2.75) is 25.6 Å². The van der Waals surface area contributed by atoms with Crippen LogP contribution in [0.15, 0.2) is 30.9 Å². The largest absolute Gasteiger partial charge is 0.418 e. The Morgan fingerprint density at radius 1 is 1.28 bits per heavy atom. The highest BCUT2D eigenvalue weighted by molar-refractivity contribution is 5.89. The standard InChI is InChI=1S/C18H23F3N6O2/c1-2-14(28)10-25-5-7-26(8-6-25)17(29)24-13-3-4-16(27-12-22-11-23-27)15(9-13)18(19,20)21/h3-4,9,11-12,14,28H,2,5-8,10H2,1H3,(H,24,29)/t14-/m0/s1. The highest BCUT2D eigenvalue weighted by Crippen LogP contribution is 2.35. The van der Waals surface area contributed by atoms with Gasteiger partial charge < -0.3 is 15.3 Å². The van der Waals surface area contributed by atoms with E-state index < -0.39 is 23.9 Å². The van der Waals surface area contributed by atoms with E-state index in [-0.39, 0.29) is 11.4 Å². The average molecular weight is 412 g/mol. The van der Waals surface area contributed by atoms with Crippen LogP contribution in [-0.2, 0) is 6.18 Å². The lowest BCUT2D eigenvalue weighted by atomic mass is 10.1. The zero-order chi connectivity index (χ0) is 21.0. The van der Waals surface area contributed by atoms with Crippen molar-refractivity contribution in [1.82, 2.24) is 24.6 Å². The molecular formula is C18H23F3N6O2. The molecule has 3 rings (SSSR count).